The second-order valence-electron chi connectivity index (χ2n) is 6.82. The van der Waals surface area contributed by atoms with Gasteiger partial charge >= 0.3 is 6.09 Å². The van der Waals surface area contributed by atoms with Crippen molar-refractivity contribution >= 4 is 27.7 Å². The molecule has 0 bridgehead atoms. The molecule has 1 aliphatic heterocycles. The van der Waals surface area contributed by atoms with E-state index in [1.165, 1.54) is 23.8 Å². The molecule has 2 aromatic carbocycles. The zero-order valence-corrected chi connectivity index (χ0v) is 18.1. The number of nitrogens with one attached hydrogen (secondary N) is 1. The van der Waals surface area contributed by atoms with Crippen molar-refractivity contribution in [2.75, 3.05) is 6.54 Å². The lowest BCUT2D eigenvalue weighted by Crippen LogP contribution is -2.43. The van der Waals surface area contributed by atoms with Crippen LogP contribution in [0.4, 0.5) is 4.79 Å². The third-order valence-corrected chi connectivity index (χ3v) is 6.93. The van der Waals surface area contributed by atoms with Crippen molar-refractivity contribution in [1.82, 2.24) is 14.8 Å². The van der Waals surface area contributed by atoms with Crippen LogP contribution in [0.1, 0.15) is 17.4 Å². The molecule has 0 saturated carbocycles. The predicted octanol–water partition coefficient (Wildman–Crippen LogP) is 3.89. The quantitative estimate of drug-likeness (QED) is 0.424. The van der Waals surface area contributed by atoms with E-state index < -0.39 is 22.3 Å². The van der Waals surface area contributed by atoms with E-state index in [-0.39, 0.29) is 17.3 Å². The fraction of sp³-hybridized carbons (Fsp3) is 0.143. The lowest BCUT2D eigenvalue weighted by molar-refractivity contribution is 0.00235. The fourth-order valence-electron chi connectivity index (χ4n) is 3.34. The number of hydroxylamine groups is 1. The number of aromatic nitrogens is 1. The molecule has 11 heteroatoms. The molecule has 2 heterocycles. The summed E-state index contributed by atoms with van der Waals surface area (Å²) < 4.78 is 38.5. The van der Waals surface area contributed by atoms with Crippen molar-refractivity contribution in [3.63, 3.8) is 0 Å². The molecular formula is C21H18ClN3O6S. The monoisotopic (exact) mass is 475 g/mol. The van der Waals surface area contributed by atoms with E-state index >= 15 is 0 Å². The normalized spacial score (nSPS) is 16.1. The summed E-state index contributed by atoms with van der Waals surface area (Å²) in [7, 11) is -4.09. The molecule has 9 nitrogen and oxygen atoms in total. The molecule has 0 radical (unpaired) electrons. The number of carbonyl (C=O) groups excluding carboxylic acids is 1. The van der Waals surface area contributed by atoms with E-state index in [1.807, 2.05) is 12.1 Å². The van der Waals surface area contributed by atoms with Crippen LogP contribution in [0.15, 0.2) is 71.8 Å². The Morgan fingerprint density at radius 1 is 1.12 bits per heavy atom. The van der Waals surface area contributed by atoms with Crippen molar-refractivity contribution in [3.8, 4) is 11.6 Å². The number of halogens is 1. The number of nitrogens with zero attached hydrogens (tertiary/aromatic N) is 2. The number of sulfonamides is 1. The summed E-state index contributed by atoms with van der Waals surface area (Å²) in [4.78, 5) is 15.7. The van der Waals surface area contributed by atoms with E-state index in [9.17, 15) is 13.2 Å². The Morgan fingerprint density at radius 2 is 1.88 bits per heavy atom. The van der Waals surface area contributed by atoms with Crippen LogP contribution in [-0.4, -0.2) is 35.6 Å². The first-order chi connectivity index (χ1) is 15.4. The Morgan fingerprint density at radius 3 is 2.56 bits per heavy atom. The number of amides is 1. The van der Waals surface area contributed by atoms with E-state index in [4.69, 9.17) is 26.3 Å². The molecule has 0 aliphatic carbocycles. The topological polar surface area (TPSA) is 118 Å². The lowest BCUT2D eigenvalue weighted by atomic mass is 10.00. The minimum atomic E-state index is -4.09. The highest BCUT2D eigenvalue weighted by Crippen LogP contribution is 2.35. The molecule has 1 aliphatic rings. The van der Waals surface area contributed by atoms with Gasteiger partial charge in [-0.05, 0) is 42.3 Å². The zero-order chi connectivity index (χ0) is 22.7. The van der Waals surface area contributed by atoms with Gasteiger partial charge in [-0.2, -0.15) is 4.31 Å². The Hall–Kier alpha value is -3.18. The maximum Gasteiger partial charge on any atom is 0.432 e. The maximum atomic E-state index is 13.3. The number of hydrogen-bond donors (Lipinski definition) is 2. The molecule has 1 unspecified atom stereocenters. The average Bonchev–Trinajstić information content (AvgIpc) is 2.81. The summed E-state index contributed by atoms with van der Waals surface area (Å²) in [5.74, 6) is 0.691. The maximum absolute atomic E-state index is 13.3. The van der Waals surface area contributed by atoms with E-state index in [1.54, 1.807) is 36.4 Å². The summed E-state index contributed by atoms with van der Waals surface area (Å²) in [5, 5.41) is 9.42. The molecule has 1 aromatic heterocycles. The van der Waals surface area contributed by atoms with Gasteiger partial charge in [0.2, 0.25) is 15.9 Å². The minimum absolute atomic E-state index is 0.0751. The standard InChI is InChI=1S/C21H18ClN3O6S/c22-15-5-7-16(8-6-15)30-19-10-9-17(13-23-19)32(28,29)25-12-11-14-3-1-2-4-18(14)20(25)31-21(26)24-27/h1-10,13,20,27H,11-12H2,(H,24,26). The van der Waals surface area contributed by atoms with Crippen LogP contribution in [0.25, 0.3) is 0 Å². The number of pyridine rings is 1. The van der Waals surface area contributed by atoms with Crippen LogP contribution in [0, 0.1) is 0 Å². The number of carbonyl (C=O) groups is 1. The number of rotatable bonds is 5. The van der Waals surface area contributed by atoms with Gasteiger partial charge in [-0.25, -0.2) is 23.7 Å². The molecule has 0 fully saturated rings. The molecule has 0 saturated heterocycles. The molecule has 32 heavy (non-hydrogen) atoms. The first kappa shape index (κ1) is 22.0. The Bertz CT molecular complexity index is 1220. The SMILES string of the molecule is O=C(NO)OC1c2ccccc2CCN1S(=O)(=O)c1ccc(Oc2ccc(Cl)cc2)nc1. The number of hydrogen-bond acceptors (Lipinski definition) is 7. The van der Waals surface area contributed by atoms with Gasteiger partial charge < -0.3 is 9.47 Å². The summed E-state index contributed by atoms with van der Waals surface area (Å²) in [6.45, 7) is 0.0751. The predicted molar refractivity (Wildman–Crippen MR) is 114 cm³/mol. The van der Waals surface area contributed by atoms with Crippen LogP contribution in [0.2, 0.25) is 5.02 Å². The van der Waals surface area contributed by atoms with E-state index in [0.29, 0.717) is 22.8 Å². The molecule has 0 spiro atoms. The molecule has 1 amide bonds. The smallest absolute Gasteiger partial charge is 0.432 e. The summed E-state index contributed by atoms with van der Waals surface area (Å²) >= 11 is 5.85. The Kier molecular flexibility index (Phi) is 6.28. The van der Waals surface area contributed by atoms with Gasteiger partial charge in [-0.15, -0.1) is 0 Å². The highest BCUT2D eigenvalue weighted by molar-refractivity contribution is 7.89. The lowest BCUT2D eigenvalue weighted by Gasteiger charge is -2.35. The van der Waals surface area contributed by atoms with Crippen molar-refractivity contribution in [2.45, 2.75) is 17.5 Å². The van der Waals surface area contributed by atoms with Crippen molar-refractivity contribution in [3.05, 3.63) is 83.0 Å². The van der Waals surface area contributed by atoms with E-state index in [2.05, 4.69) is 4.98 Å². The number of benzene rings is 2. The Balaban J connectivity index is 1.61. The average molecular weight is 476 g/mol. The van der Waals surface area contributed by atoms with E-state index in [0.717, 1.165) is 9.87 Å². The minimum Gasteiger partial charge on any atom is -0.439 e. The van der Waals surface area contributed by atoms with Crippen LogP contribution in [0.3, 0.4) is 0 Å². The first-order valence-electron chi connectivity index (χ1n) is 9.48. The molecule has 3 aromatic rings. The van der Waals surface area contributed by atoms with Gasteiger partial charge in [0.25, 0.3) is 0 Å². The zero-order valence-electron chi connectivity index (χ0n) is 16.5. The number of ether oxygens (including phenoxy) is 2. The summed E-state index contributed by atoms with van der Waals surface area (Å²) in [5.41, 5.74) is 2.73. The summed E-state index contributed by atoms with van der Waals surface area (Å²) in [6, 6.07) is 16.5. The number of fused-ring (bicyclic) bond motifs is 1. The van der Waals surface area contributed by atoms with Gasteiger partial charge in [0.05, 0.1) is 6.20 Å². The molecule has 2 N–H and O–H groups in total. The third kappa shape index (κ3) is 4.53. The highest BCUT2D eigenvalue weighted by atomic mass is 35.5. The van der Waals surface area contributed by atoms with Crippen molar-refractivity contribution in [2.24, 2.45) is 0 Å². The van der Waals surface area contributed by atoms with Crippen LogP contribution >= 0.6 is 11.6 Å². The van der Waals surface area contributed by atoms with Gasteiger partial charge in [0.15, 0.2) is 6.23 Å². The van der Waals surface area contributed by atoms with Crippen LogP contribution in [-0.2, 0) is 21.2 Å². The largest absolute Gasteiger partial charge is 0.439 e. The van der Waals surface area contributed by atoms with Crippen molar-refractivity contribution < 1.29 is 27.9 Å². The van der Waals surface area contributed by atoms with Gasteiger partial charge in [0.1, 0.15) is 10.6 Å². The molecule has 4 rings (SSSR count). The third-order valence-electron chi connectivity index (χ3n) is 4.85. The van der Waals surface area contributed by atoms with Gasteiger partial charge in [0, 0.05) is 23.2 Å². The highest BCUT2D eigenvalue weighted by Gasteiger charge is 2.39. The second kappa shape index (κ2) is 9.13. The molecule has 166 valence electrons. The Labute approximate surface area is 189 Å². The van der Waals surface area contributed by atoms with Gasteiger partial charge in [-0.3, -0.25) is 5.21 Å². The molecule has 1 atom stereocenters. The summed E-state index contributed by atoms with van der Waals surface area (Å²) in [6.07, 6.45) is -0.815. The molecular weight excluding hydrogens is 458 g/mol. The van der Waals surface area contributed by atoms with Gasteiger partial charge in [-0.1, -0.05) is 35.9 Å². The first-order valence-corrected chi connectivity index (χ1v) is 11.3. The van der Waals surface area contributed by atoms with Crippen LogP contribution < -0.4 is 10.2 Å². The fourth-order valence-corrected chi connectivity index (χ4v) is 4.90. The second-order valence-corrected chi connectivity index (χ2v) is 9.15. The van der Waals surface area contributed by atoms with Crippen LogP contribution in [0.5, 0.6) is 11.6 Å². The van der Waals surface area contributed by atoms with Crippen molar-refractivity contribution in [1.29, 1.82) is 0 Å².